The normalized spacial score (nSPS) is 10.7. The molecule has 3 aromatic rings. The molecule has 0 fully saturated rings. The van der Waals surface area contributed by atoms with Crippen LogP contribution in [-0.2, 0) is 6.61 Å². The number of benzene rings is 1. The second-order valence-corrected chi connectivity index (χ2v) is 4.22. The Bertz CT molecular complexity index is 666. The van der Waals surface area contributed by atoms with Crippen molar-refractivity contribution in [2.45, 2.75) is 6.61 Å². The average molecular weight is 260 g/mol. The van der Waals surface area contributed by atoms with Gasteiger partial charge in [0.1, 0.15) is 12.4 Å². The Kier molecular flexibility index (Phi) is 2.86. The summed E-state index contributed by atoms with van der Waals surface area (Å²) in [4.78, 5) is 4.34. The number of nitrogens with zero attached hydrogens (tertiary/aromatic N) is 3. The Morgan fingerprint density at radius 1 is 1.11 bits per heavy atom. The van der Waals surface area contributed by atoms with Gasteiger partial charge in [-0.3, -0.25) is 0 Å². The van der Waals surface area contributed by atoms with Crippen molar-refractivity contribution in [3.63, 3.8) is 0 Å². The highest BCUT2D eigenvalue weighted by Crippen LogP contribution is 2.12. The van der Waals surface area contributed by atoms with E-state index in [4.69, 9.17) is 16.3 Å². The SMILES string of the molecule is Clc1ccc2nc(COc3ccccc3)nn2c1. The van der Waals surface area contributed by atoms with Gasteiger partial charge in [0.05, 0.1) is 5.02 Å². The molecule has 18 heavy (non-hydrogen) atoms. The maximum Gasteiger partial charge on any atom is 0.189 e. The molecule has 2 heterocycles. The molecule has 3 rings (SSSR count). The molecule has 90 valence electrons. The smallest absolute Gasteiger partial charge is 0.189 e. The van der Waals surface area contributed by atoms with Gasteiger partial charge in [-0.2, -0.15) is 0 Å². The number of rotatable bonds is 3. The summed E-state index contributed by atoms with van der Waals surface area (Å²) in [6.45, 7) is 0.337. The van der Waals surface area contributed by atoms with Crippen molar-refractivity contribution in [1.29, 1.82) is 0 Å². The number of halogens is 1. The van der Waals surface area contributed by atoms with Crippen LogP contribution in [0.4, 0.5) is 0 Å². The monoisotopic (exact) mass is 259 g/mol. The molecule has 0 unspecified atom stereocenters. The van der Waals surface area contributed by atoms with Gasteiger partial charge in [-0.05, 0) is 24.3 Å². The standard InChI is InChI=1S/C13H10ClN3O/c14-10-6-7-13-15-12(16-17(13)8-10)9-18-11-4-2-1-3-5-11/h1-8H,9H2. The van der Waals surface area contributed by atoms with Crippen molar-refractivity contribution in [2.24, 2.45) is 0 Å². The molecule has 0 spiro atoms. The Morgan fingerprint density at radius 2 is 1.94 bits per heavy atom. The highest BCUT2D eigenvalue weighted by Gasteiger charge is 2.04. The van der Waals surface area contributed by atoms with Gasteiger partial charge in [0, 0.05) is 6.20 Å². The highest BCUT2D eigenvalue weighted by atomic mass is 35.5. The third kappa shape index (κ3) is 2.28. The van der Waals surface area contributed by atoms with E-state index in [0.29, 0.717) is 17.5 Å². The maximum atomic E-state index is 5.88. The quantitative estimate of drug-likeness (QED) is 0.726. The van der Waals surface area contributed by atoms with E-state index < -0.39 is 0 Å². The molecule has 0 atom stereocenters. The van der Waals surface area contributed by atoms with Gasteiger partial charge >= 0.3 is 0 Å². The van der Waals surface area contributed by atoms with E-state index in [9.17, 15) is 0 Å². The number of hydrogen-bond acceptors (Lipinski definition) is 3. The number of fused-ring (bicyclic) bond motifs is 1. The van der Waals surface area contributed by atoms with Crippen molar-refractivity contribution in [2.75, 3.05) is 0 Å². The van der Waals surface area contributed by atoms with Crippen LogP contribution in [-0.4, -0.2) is 14.6 Å². The van der Waals surface area contributed by atoms with Crippen molar-refractivity contribution in [3.8, 4) is 5.75 Å². The molecule has 5 heteroatoms. The zero-order valence-electron chi connectivity index (χ0n) is 9.45. The minimum Gasteiger partial charge on any atom is -0.486 e. The number of aromatic nitrogens is 3. The molecular weight excluding hydrogens is 250 g/mol. The van der Waals surface area contributed by atoms with Crippen LogP contribution < -0.4 is 4.74 Å². The van der Waals surface area contributed by atoms with Crippen LogP contribution in [0.2, 0.25) is 5.02 Å². The lowest BCUT2D eigenvalue weighted by Crippen LogP contribution is -1.97. The molecule has 0 aliphatic heterocycles. The first-order chi connectivity index (χ1) is 8.81. The zero-order valence-corrected chi connectivity index (χ0v) is 10.2. The molecule has 0 saturated carbocycles. The molecular formula is C13H10ClN3O. The average Bonchev–Trinajstić information content (AvgIpc) is 2.79. The summed E-state index contributed by atoms with van der Waals surface area (Å²) >= 11 is 5.88. The maximum absolute atomic E-state index is 5.88. The van der Waals surface area contributed by atoms with Gasteiger partial charge in [0.15, 0.2) is 11.5 Å². The summed E-state index contributed by atoms with van der Waals surface area (Å²) < 4.78 is 7.23. The summed E-state index contributed by atoms with van der Waals surface area (Å²) in [6, 6.07) is 13.2. The predicted molar refractivity (Wildman–Crippen MR) is 68.8 cm³/mol. The molecule has 4 nitrogen and oxygen atoms in total. The summed E-state index contributed by atoms with van der Waals surface area (Å²) in [5.74, 6) is 1.43. The Morgan fingerprint density at radius 3 is 2.78 bits per heavy atom. The van der Waals surface area contributed by atoms with Crippen molar-refractivity contribution >= 4 is 17.2 Å². The van der Waals surface area contributed by atoms with Crippen molar-refractivity contribution < 1.29 is 4.74 Å². The molecule has 0 aliphatic rings. The molecule has 0 radical (unpaired) electrons. The third-order valence-electron chi connectivity index (χ3n) is 2.45. The minimum atomic E-state index is 0.337. The lowest BCUT2D eigenvalue weighted by molar-refractivity contribution is 0.296. The fourth-order valence-corrected chi connectivity index (χ4v) is 1.79. The number of ether oxygens (including phenoxy) is 1. The van der Waals surface area contributed by atoms with Crippen LogP contribution in [0, 0.1) is 0 Å². The summed E-state index contributed by atoms with van der Waals surface area (Å²) in [5, 5.41) is 4.91. The van der Waals surface area contributed by atoms with Crippen LogP contribution in [0.1, 0.15) is 5.82 Å². The van der Waals surface area contributed by atoms with E-state index in [-0.39, 0.29) is 0 Å². The number of hydrogen-bond donors (Lipinski definition) is 0. The van der Waals surface area contributed by atoms with Gasteiger partial charge in [0.2, 0.25) is 0 Å². The molecule has 1 aromatic carbocycles. The van der Waals surface area contributed by atoms with Gasteiger partial charge in [-0.15, -0.1) is 5.10 Å². The van der Waals surface area contributed by atoms with Gasteiger partial charge < -0.3 is 4.74 Å². The fourth-order valence-electron chi connectivity index (χ4n) is 1.63. The number of para-hydroxylation sites is 1. The Balaban J connectivity index is 1.79. The molecule has 0 aliphatic carbocycles. The summed E-state index contributed by atoms with van der Waals surface area (Å²) in [7, 11) is 0. The van der Waals surface area contributed by atoms with Gasteiger partial charge in [0.25, 0.3) is 0 Å². The lowest BCUT2D eigenvalue weighted by Gasteiger charge is -2.01. The van der Waals surface area contributed by atoms with E-state index in [1.54, 1.807) is 16.8 Å². The van der Waals surface area contributed by atoms with Crippen LogP contribution in [0.25, 0.3) is 5.65 Å². The van der Waals surface area contributed by atoms with E-state index in [1.165, 1.54) is 0 Å². The van der Waals surface area contributed by atoms with Crippen molar-refractivity contribution in [1.82, 2.24) is 14.6 Å². The Hall–Kier alpha value is -2.07. The third-order valence-corrected chi connectivity index (χ3v) is 2.67. The first-order valence-corrected chi connectivity index (χ1v) is 5.88. The Labute approximate surface area is 109 Å². The molecule has 0 bridgehead atoms. The molecule has 0 amide bonds. The summed E-state index contributed by atoms with van der Waals surface area (Å²) in [6.07, 6.45) is 1.72. The van der Waals surface area contributed by atoms with Crippen LogP contribution in [0.3, 0.4) is 0 Å². The van der Waals surface area contributed by atoms with Gasteiger partial charge in [-0.1, -0.05) is 29.8 Å². The largest absolute Gasteiger partial charge is 0.486 e. The van der Waals surface area contributed by atoms with E-state index in [1.807, 2.05) is 36.4 Å². The van der Waals surface area contributed by atoms with Crippen LogP contribution in [0.15, 0.2) is 48.7 Å². The molecule has 2 aromatic heterocycles. The van der Waals surface area contributed by atoms with E-state index in [0.717, 1.165) is 11.4 Å². The minimum absolute atomic E-state index is 0.337. The zero-order chi connectivity index (χ0) is 12.4. The van der Waals surface area contributed by atoms with E-state index >= 15 is 0 Å². The number of pyridine rings is 1. The first kappa shape index (κ1) is 11.0. The first-order valence-electron chi connectivity index (χ1n) is 5.50. The van der Waals surface area contributed by atoms with E-state index in [2.05, 4.69) is 10.1 Å². The summed E-state index contributed by atoms with van der Waals surface area (Å²) in [5.41, 5.74) is 0.756. The topological polar surface area (TPSA) is 39.4 Å². The van der Waals surface area contributed by atoms with Crippen molar-refractivity contribution in [3.05, 3.63) is 59.5 Å². The second-order valence-electron chi connectivity index (χ2n) is 3.78. The second kappa shape index (κ2) is 4.66. The molecule has 0 saturated heterocycles. The molecule has 0 N–H and O–H groups in total. The lowest BCUT2D eigenvalue weighted by atomic mass is 10.3. The fraction of sp³-hybridized carbons (Fsp3) is 0.0769. The van der Waals surface area contributed by atoms with Crippen LogP contribution in [0.5, 0.6) is 5.75 Å². The van der Waals surface area contributed by atoms with Gasteiger partial charge in [-0.25, -0.2) is 9.50 Å². The predicted octanol–water partition coefficient (Wildman–Crippen LogP) is 2.96. The highest BCUT2D eigenvalue weighted by molar-refractivity contribution is 6.30. The van der Waals surface area contributed by atoms with Crippen LogP contribution >= 0.6 is 11.6 Å².